The number of aromatic nitrogens is 1. The fraction of sp³-hybridized carbons (Fsp3) is 0.333. The van der Waals surface area contributed by atoms with Crippen LogP contribution in [-0.4, -0.2) is 51.6 Å². The lowest BCUT2D eigenvalue weighted by molar-refractivity contribution is -0.124. The van der Waals surface area contributed by atoms with Crippen LogP contribution in [0.1, 0.15) is 23.7 Å². The number of phenolic OH excluding ortho intramolecular Hbond substituents is 1. The van der Waals surface area contributed by atoms with E-state index in [4.69, 9.17) is 5.73 Å². The third-order valence-corrected chi connectivity index (χ3v) is 4.36. The standard InChI is InChI=1S/C18H22N4O3/c1-2-20-17(24)15-9-12(19)11-22(15)18(25)14-10-13(5-6-16(14)23)21-7-3-4-8-21/h3-8,10,12,15,23H,2,9,11,19H2,1H3,(H,20,24)/t12-,15-/m0/s1. The molecule has 2 atom stereocenters. The maximum absolute atomic E-state index is 13.0. The number of amides is 2. The van der Waals surface area contributed by atoms with Crippen LogP contribution in [0.4, 0.5) is 0 Å². The normalized spacial score (nSPS) is 19.8. The summed E-state index contributed by atoms with van der Waals surface area (Å²) < 4.78 is 1.84. The van der Waals surface area contributed by atoms with Gasteiger partial charge in [0.25, 0.3) is 5.91 Å². The van der Waals surface area contributed by atoms with Gasteiger partial charge >= 0.3 is 0 Å². The Balaban J connectivity index is 1.91. The van der Waals surface area contributed by atoms with Crippen LogP contribution < -0.4 is 11.1 Å². The predicted molar refractivity (Wildman–Crippen MR) is 93.5 cm³/mol. The number of hydrogen-bond acceptors (Lipinski definition) is 4. The van der Waals surface area contributed by atoms with Crippen molar-refractivity contribution in [3.8, 4) is 11.4 Å². The summed E-state index contributed by atoms with van der Waals surface area (Å²) >= 11 is 0. The van der Waals surface area contributed by atoms with Crippen molar-refractivity contribution < 1.29 is 14.7 Å². The smallest absolute Gasteiger partial charge is 0.258 e. The molecule has 0 aliphatic carbocycles. The van der Waals surface area contributed by atoms with E-state index < -0.39 is 11.9 Å². The molecule has 1 aromatic carbocycles. The summed E-state index contributed by atoms with van der Waals surface area (Å²) in [4.78, 5) is 26.7. The summed E-state index contributed by atoms with van der Waals surface area (Å²) in [5.74, 6) is -0.725. The van der Waals surface area contributed by atoms with E-state index in [1.54, 1.807) is 12.1 Å². The van der Waals surface area contributed by atoms with Gasteiger partial charge in [-0.25, -0.2) is 0 Å². The van der Waals surface area contributed by atoms with Gasteiger partial charge in [0.1, 0.15) is 11.8 Å². The Labute approximate surface area is 146 Å². The number of benzene rings is 1. The van der Waals surface area contributed by atoms with Crippen LogP contribution in [0.25, 0.3) is 5.69 Å². The van der Waals surface area contributed by atoms with E-state index >= 15 is 0 Å². The number of carbonyl (C=O) groups excluding carboxylic acids is 2. The maximum Gasteiger partial charge on any atom is 0.258 e. The Kier molecular flexibility index (Phi) is 4.76. The summed E-state index contributed by atoms with van der Waals surface area (Å²) in [6, 6.07) is 7.71. The number of nitrogens with one attached hydrogen (secondary N) is 1. The summed E-state index contributed by atoms with van der Waals surface area (Å²) in [6.07, 6.45) is 4.11. The molecule has 2 aromatic rings. The van der Waals surface area contributed by atoms with Gasteiger partial charge in [-0.05, 0) is 43.7 Å². The molecular formula is C18H22N4O3. The fourth-order valence-electron chi connectivity index (χ4n) is 3.15. The number of carbonyl (C=O) groups is 2. The minimum absolute atomic E-state index is 0.115. The van der Waals surface area contributed by atoms with Gasteiger partial charge in [-0.1, -0.05) is 0 Å². The molecule has 132 valence electrons. The predicted octanol–water partition coefficient (Wildman–Crippen LogP) is 0.861. The van der Waals surface area contributed by atoms with Crippen LogP contribution in [0, 0.1) is 0 Å². The molecule has 3 rings (SSSR count). The highest BCUT2D eigenvalue weighted by atomic mass is 16.3. The molecule has 7 nitrogen and oxygen atoms in total. The number of nitrogens with two attached hydrogens (primary N) is 1. The summed E-state index contributed by atoms with van der Waals surface area (Å²) in [7, 11) is 0. The molecule has 1 aliphatic heterocycles. The van der Waals surface area contributed by atoms with Crippen molar-refractivity contribution in [1.82, 2.24) is 14.8 Å². The van der Waals surface area contributed by atoms with Crippen molar-refractivity contribution in [1.29, 1.82) is 0 Å². The van der Waals surface area contributed by atoms with Crippen LogP contribution in [0.2, 0.25) is 0 Å². The van der Waals surface area contributed by atoms with Crippen molar-refractivity contribution in [3.63, 3.8) is 0 Å². The molecule has 7 heteroatoms. The number of phenols is 1. The second-order valence-corrected chi connectivity index (χ2v) is 6.16. The molecule has 0 bridgehead atoms. The Morgan fingerprint density at radius 3 is 2.72 bits per heavy atom. The van der Waals surface area contributed by atoms with E-state index in [-0.39, 0.29) is 29.8 Å². The van der Waals surface area contributed by atoms with Gasteiger partial charge in [0, 0.05) is 37.2 Å². The van der Waals surface area contributed by atoms with Crippen molar-refractivity contribution in [2.45, 2.75) is 25.4 Å². The average Bonchev–Trinajstić information content (AvgIpc) is 3.24. The minimum Gasteiger partial charge on any atom is -0.507 e. The third kappa shape index (κ3) is 3.36. The molecular weight excluding hydrogens is 320 g/mol. The average molecular weight is 342 g/mol. The van der Waals surface area contributed by atoms with E-state index in [0.717, 1.165) is 5.69 Å². The van der Waals surface area contributed by atoms with Gasteiger partial charge in [0.15, 0.2) is 0 Å². The molecule has 0 unspecified atom stereocenters. The Hall–Kier alpha value is -2.80. The molecule has 1 aromatic heterocycles. The zero-order valence-corrected chi connectivity index (χ0v) is 14.1. The van der Waals surface area contributed by atoms with Crippen LogP contribution in [0.3, 0.4) is 0 Å². The zero-order valence-electron chi connectivity index (χ0n) is 14.1. The van der Waals surface area contributed by atoms with Crippen LogP contribution in [0.5, 0.6) is 5.75 Å². The first-order chi connectivity index (χ1) is 12.0. The molecule has 25 heavy (non-hydrogen) atoms. The fourth-order valence-corrected chi connectivity index (χ4v) is 3.15. The van der Waals surface area contributed by atoms with Crippen LogP contribution in [0.15, 0.2) is 42.7 Å². The lowest BCUT2D eigenvalue weighted by Gasteiger charge is -2.24. The highest BCUT2D eigenvalue weighted by molar-refractivity contribution is 6.00. The second kappa shape index (κ2) is 6.98. The van der Waals surface area contributed by atoms with E-state index in [0.29, 0.717) is 13.0 Å². The third-order valence-electron chi connectivity index (χ3n) is 4.36. The van der Waals surface area contributed by atoms with Crippen LogP contribution in [-0.2, 0) is 4.79 Å². The number of rotatable bonds is 4. The van der Waals surface area contributed by atoms with Crippen molar-refractivity contribution in [2.75, 3.05) is 13.1 Å². The van der Waals surface area contributed by atoms with E-state index in [9.17, 15) is 14.7 Å². The molecule has 1 fully saturated rings. The van der Waals surface area contributed by atoms with Gasteiger partial charge in [-0.15, -0.1) is 0 Å². The van der Waals surface area contributed by atoms with Gasteiger partial charge in [0.2, 0.25) is 5.91 Å². The summed E-state index contributed by atoms with van der Waals surface area (Å²) in [5, 5.41) is 12.9. The zero-order chi connectivity index (χ0) is 18.0. The van der Waals surface area contributed by atoms with E-state index in [1.807, 2.05) is 36.0 Å². The molecule has 4 N–H and O–H groups in total. The molecule has 0 saturated carbocycles. The molecule has 0 spiro atoms. The largest absolute Gasteiger partial charge is 0.507 e. The molecule has 1 saturated heterocycles. The molecule has 2 heterocycles. The quantitative estimate of drug-likeness (QED) is 0.767. The Bertz CT molecular complexity index is 773. The molecule has 1 aliphatic rings. The van der Waals surface area contributed by atoms with Gasteiger partial charge in [0.05, 0.1) is 5.56 Å². The van der Waals surface area contributed by atoms with Crippen LogP contribution >= 0.6 is 0 Å². The number of aromatic hydroxyl groups is 1. The SMILES string of the molecule is CCNC(=O)[C@@H]1C[C@H](N)CN1C(=O)c1cc(-n2cccc2)ccc1O. The van der Waals surface area contributed by atoms with Gasteiger partial charge in [-0.2, -0.15) is 0 Å². The topological polar surface area (TPSA) is 101 Å². The van der Waals surface area contributed by atoms with E-state index in [1.165, 1.54) is 11.0 Å². The van der Waals surface area contributed by atoms with Gasteiger partial charge < -0.3 is 25.6 Å². The number of nitrogens with zero attached hydrogens (tertiary/aromatic N) is 2. The monoisotopic (exact) mass is 342 g/mol. The first-order valence-electron chi connectivity index (χ1n) is 8.32. The maximum atomic E-state index is 13.0. The number of likely N-dealkylation sites (tertiary alicyclic amines) is 1. The number of likely N-dealkylation sites (N-methyl/N-ethyl adjacent to an activating group) is 1. The summed E-state index contributed by atoms with van der Waals surface area (Å²) in [6.45, 7) is 2.60. The van der Waals surface area contributed by atoms with Gasteiger partial charge in [-0.3, -0.25) is 9.59 Å². The first kappa shape index (κ1) is 17.0. The van der Waals surface area contributed by atoms with Crippen molar-refractivity contribution >= 4 is 11.8 Å². The second-order valence-electron chi connectivity index (χ2n) is 6.16. The lowest BCUT2D eigenvalue weighted by Crippen LogP contribution is -2.46. The van der Waals surface area contributed by atoms with Crippen molar-refractivity contribution in [2.24, 2.45) is 5.73 Å². The summed E-state index contributed by atoms with van der Waals surface area (Å²) in [5.41, 5.74) is 6.89. The molecule has 2 amide bonds. The highest BCUT2D eigenvalue weighted by Gasteiger charge is 2.39. The highest BCUT2D eigenvalue weighted by Crippen LogP contribution is 2.26. The van der Waals surface area contributed by atoms with E-state index in [2.05, 4.69) is 5.32 Å². The number of hydrogen-bond donors (Lipinski definition) is 3. The first-order valence-corrected chi connectivity index (χ1v) is 8.32. The Morgan fingerprint density at radius 2 is 2.04 bits per heavy atom. The lowest BCUT2D eigenvalue weighted by atomic mass is 10.1. The van der Waals surface area contributed by atoms with Crippen molar-refractivity contribution in [3.05, 3.63) is 48.3 Å². The minimum atomic E-state index is -0.614. The Morgan fingerprint density at radius 1 is 1.32 bits per heavy atom. The molecule has 0 radical (unpaired) electrons.